The van der Waals surface area contributed by atoms with Crippen LogP contribution in [0, 0.1) is 6.92 Å². The Kier molecular flexibility index (Phi) is 5.89. The Morgan fingerprint density at radius 3 is 2.39 bits per heavy atom. The van der Waals surface area contributed by atoms with E-state index in [9.17, 15) is 19.5 Å². The summed E-state index contributed by atoms with van der Waals surface area (Å²) in [4.78, 5) is 38.5. The molecule has 1 aliphatic heterocycles. The lowest BCUT2D eigenvalue weighted by molar-refractivity contribution is -0.146. The molecule has 2 amide bonds. The number of benzene rings is 2. The standard InChI is InChI=1S/C22H22N2O4/c1-15-9-11-16(12-10-15)14-18(23-20(25)17-6-3-2-4-7-17)21(26)24-13-5-8-19(24)22(27)28/h2-4,6-7,9-12,14,19H,5,8,13H2,1H3,(H,23,25)(H,27,28)/b18-14-/t19-/m1/s1. The molecule has 0 aromatic heterocycles. The van der Waals surface area contributed by atoms with Crippen molar-refractivity contribution in [3.05, 3.63) is 77.0 Å². The predicted octanol–water partition coefficient (Wildman–Crippen LogP) is 2.84. The SMILES string of the molecule is Cc1ccc(/C=C(\NC(=O)c2ccccc2)C(=O)N2CCC[C@@H]2C(=O)O)cc1. The van der Waals surface area contributed by atoms with E-state index in [1.807, 2.05) is 31.2 Å². The fourth-order valence-corrected chi connectivity index (χ4v) is 3.19. The maximum Gasteiger partial charge on any atom is 0.326 e. The van der Waals surface area contributed by atoms with Crippen LogP contribution in [0.4, 0.5) is 0 Å². The number of nitrogens with one attached hydrogen (secondary N) is 1. The van der Waals surface area contributed by atoms with Crippen molar-refractivity contribution in [2.45, 2.75) is 25.8 Å². The van der Waals surface area contributed by atoms with Gasteiger partial charge in [-0.3, -0.25) is 9.59 Å². The number of carboxylic acid groups (broad SMARTS) is 1. The van der Waals surface area contributed by atoms with Crippen molar-refractivity contribution in [1.29, 1.82) is 0 Å². The van der Waals surface area contributed by atoms with Crippen LogP contribution in [-0.2, 0) is 9.59 Å². The molecule has 0 bridgehead atoms. The summed E-state index contributed by atoms with van der Waals surface area (Å²) in [7, 11) is 0. The molecule has 3 rings (SSSR count). The van der Waals surface area contributed by atoms with Gasteiger partial charge < -0.3 is 15.3 Å². The minimum absolute atomic E-state index is 0.0610. The highest BCUT2D eigenvalue weighted by atomic mass is 16.4. The number of amides is 2. The molecule has 6 heteroatoms. The number of nitrogens with zero attached hydrogens (tertiary/aromatic N) is 1. The number of hydrogen-bond donors (Lipinski definition) is 2. The molecule has 2 N–H and O–H groups in total. The average Bonchev–Trinajstić information content (AvgIpc) is 3.19. The third-order valence-electron chi connectivity index (χ3n) is 4.70. The Hall–Kier alpha value is -3.41. The molecule has 1 saturated heterocycles. The molecule has 1 heterocycles. The Bertz CT molecular complexity index is 904. The molecule has 6 nitrogen and oxygen atoms in total. The summed E-state index contributed by atoms with van der Waals surface area (Å²) in [6, 6.07) is 15.2. The number of carbonyl (C=O) groups is 3. The first-order chi connectivity index (χ1) is 13.5. The molecule has 1 atom stereocenters. The average molecular weight is 378 g/mol. The van der Waals surface area contributed by atoms with E-state index in [4.69, 9.17) is 0 Å². The van der Waals surface area contributed by atoms with Gasteiger partial charge in [0.2, 0.25) is 0 Å². The van der Waals surface area contributed by atoms with Crippen LogP contribution in [0.5, 0.6) is 0 Å². The van der Waals surface area contributed by atoms with Gasteiger partial charge in [-0.1, -0.05) is 48.0 Å². The van der Waals surface area contributed by atoms with Gasteiger partial charge in [-0.25, -0.2) is 4.79 Å². The Morgan fingerprint density at radius 1 is 1.07 bits per heavy atom. The van der Waals surface area contributed by atoms with Gasteiger partial charge in [0, 0.05) is 12.1 Å². The zero-order chi connectivity index (χ0) is 20.1. The fourth-order valence-electron chi connectivity index (χ4n) is 3.19. The van der Waals surface area contributed by atoms with Gasteiger partial charge >= 0.3 is 5.97 Å². The monoisotopic (exact) mass is 378 g/mol. The number of likely N-dealkylation sites (tertiary alicyclic amines) is 1. The molecular formula is C22H22N2O4. The minimum Gasteiger partial charge on any atom is -0.480 e. The maximum atomic E-state index is 13.1. The van der Waals surface area contributed by atoms with Crippen LogP contribution in [0.1, 0.15) is 34.3 Å². The summed E-state index contributed by atoms with van der Waals surface area (Å²) in [5.41, 5.74) is 2.30. The molecule has 0 spiro atoms. The molecule has 144 valence electrons. The zero-order valence-electron chi connectivity index (χ0n) is 15.6. The highest BCUT2D eigenvalue weighted by Gasteiger charge is 2.35. The van der Waals surface area contributed by atoms with Gasteiger partial charge in [0.1, 0.15) is 11.7 Å². The van der Waals surface area contributed by atoms with E-state index in [-0.39, 0.29) is 5.70 Å². The minimum atomic E-state index is -1.03. The third-order valence-corrected chi connectivity index (χ3v) is 4.70. The molecule has 1 fully saturated rings. The van der Waals surface area contributed by atoms with E-state index in [2.05, 4.69) is 5.32 Å². The second-order valence-corrected chi connectivity index (χ2v) is 6.78. The summed E-state index contributed by atoms with van der Waals surface area (Å²) < 4.78 is 0. The Labute approximate surface area is 163 Å². The molecule has 28 heavy (non-hydrogen) atoms. The van der Waals surface area contributed by atoms with Crippen molar-refractivity contribution in [1.82, 2.24) is 10.2 Å². The van der Waals surface area contributed by atoms with Crippen molar-refractivity contribution in [2.75, 3.05) is 6.54 Å². The van der Waals surface area contributed by atoms with Crippen molar-refractivity contribution in [3.63, 3.8) is 0 Å². The van der Waals surface area contributed by atoms with Crippen molar-refractivity contribution >= 4 is 23.9 Å². The van der Waals surface area contributed by atoms with E-state index < -0.39 is 23.8 Å². The van der Waals surface area contributed by atoms with Gasteiger partial charge in [-0.15, -0.1) is 0 Å². The van der Waals surface area contributed by atoms with Crippen molar-refractivity contribution < 1.29 is 19.5 Å². The Morgan fingerprint density at radius 2 is 1.75 bits per heavy atom. The molecular weight excluding hydrogens is 356 g/mol. The molecule has 2 aromatic rings. The molecule has 2 aromatic carbocycles. The van der Waals surface area contributed by atoms with E-state index in [1.165, 1.54) is 4.90 Å². The third kappa shape index (κ3) is 4.46. The summed E-state index contributed by atoms with van der Waals surface area (Å²) >= 11 is 0. The second kappa shape index (κ2) is 8.52. The van der Waals surface area contributed by atoms with Gasteiger partial charge in [-0.2, -0.15) is 0 Å². The summed E-state index contributed by atoms with van der Waals surface area (Å²) in [6.45, 7) is 2.31. The van der Waals surface area contributed by atoms with Gasteiger partial charge in [0.05, 0.1) is 0 Å². The molecule has 0 saturated carbocycles. The Balaban J connectivity index is 1.92. The smallest absolute Gasteiger partial charge is 0.326 e. The van der Waals surface area contributed by atoms with Crippen molar-refractivity contribution in [2.24, 2.45) is 0 Å². The lowest BCUT2D eigenvalue weighted by atomic mass is 10.1. The topological polar surface area (TPSA) is 86.7 Å². The van der Waals surface area contributed by atoms with E-state index in [0.717, 1.165) is 11.1 Å². The first-order valence-corrected chi connectivity index (χ1v) is 9.14. The lowest BCUT2D eigenvalue weighted by Gasteiger charge is -2.23. The number of rotatable bonds is 5. The summed E-state index contributed by atoms with van der Waals surface area (Å²) in [6.07, 6.45) is 2.61. The van der Waals surface area contributed by atoms with Gasteiger partial charge in [0.15, 0.2) is 0 Å². The van der Waals surface area contributed by atoms with Gasteiger partial charge in [0.25, 0.3) is 11.8 Å². The fraction of sp³-hybridized carbons (Fsp3) is 0.227. The van der Waals surface area contributed by atoms with Crippen LogP contribution >= 0.6 is 0 Å². The van der Waals surface area contributed by atoms with Crippen LogP contribution in [0.25, 0.3) is 6.08 Å². The summed E-state index contributed by atoms with van der Waals surface area (Å²) in [5, 5.41) is 12.1. The summed E-state index contributed by atoms with van der Waals surface area (Å²) in [5.74, 6) is -1.94. The lowest BCUT2D eigenvalue weighted by Crippen LogP contribution is -2.44. The molecule has 1 aliphatic rings. The first kappa shape index (κ1) is 19.4. The largest absolute Gasteiger partial charge is 0.480 e. The number of carboxylic acids is 1. The highest BCUT2D eigenvalue weighted by Crippen LogP contribution is 2.20. The molecule has 0 radical (unpaired) electrons. The maximum absolute atomic E-state index is 13.1. The number of carbonyl (C=O) groups excluding carboxylic acids is 2. The van der Waals surface area contributed by atoms with E-state index in [0.29, 0.717) is 24.9 Å². The van der Waals surface area contributed by atoms with Crippen LogP contribution in [-0.4, -0.2) is 40.4 Å². The normalized spacial score (nSPS) is 16.7. The number of hydrogen-bond acceptors (Lipinski definition) is 3. The van der Waals surface area contributed by atoms with Crippen LogP contribution in [0.3, 0.4) is 0 Å². The van der Waals surface area contributed by atoms with Crippen LogP contribution < -0.4 is 5.32 Å². The first-order valence-electron chi connectivity index (χ1n) is 9.14. The zero-order valence-corrected chi connectivity index (χ0v) is 15.6. The predicted molar refractivity (Wildman–Crippen MR) is 105 cm³/mol. The van der Waals surface area contributed by atoms with Gasteiger partial charge in [-0.05, 0) is 43.5 Å². The van der Waals surface area contributed by atoms with E-state index in [1.54, 1.807) is 36.4 Å². The molecule has 0 aliphatic carbocycles. The highest BCUT2D eigenvalue weighted by molar-refractivity contribution is 6.06. The quantitative estimate of drug-likeness (QED) is 0.784. The van der Waals surface area contributed by atoms with E-state index >= 15 is 0 Å². The van der Waals surface area contributed by atoms with Crippen LogP contribution in [0.2, 0.25) is 0 Å². The van der Waals surface area contributed by atoms with Crippen LogP contribution in [0.15, 0.2) is 60.3 Å². The number of aryl methyl sites for hydroxylation is 1. The van der Waals surface area contributed by atoms with Crippen molar-refractivity contribution in [3.8, 4) is 0 Å². The number of aliphatic carboxylic acids is 1. The second-order valence-electron chi connectivity index (χ2n) is 6.78. The molecule has 0 unspecified atom stereocenters.